The first kappa shape index (κ1) is 15.1. The molecule has 4 rings (SSSR count). The Morgan fingerprint density at radius 1 is 1.05 bits per heavy atom. The van der Waals surface area contributed by atoms with Gasteiger partial charge in [0.05, 0.1) is 6.04 Å². The summed E-state index contributed by atoms with van der Waals surface area (Å²) in [6, 6.07) is 10.1. The molecule has 2 aliphatic heterocycles. The predicted octanol–water partition coefficient (Wildman–Crippen LogP) is 3.14. The van der Waals surface area contributed by atoms with Gasteiger partial charge in [-0.1, -0.05) is 24.3 Å². The van der Waals surface area contributed by atoms with Gasteiger partial charge >= 0.3 is 0 Å². The molecule has 6 heteroatoms. The zero-order chi connectivity index (χ0) is 14.6. The van der Waals surface area contributed by atoms with Crippen LogP contribution in [0.25, 0.3) is 0 Å². The summed E-state index contributed by atoms with van der Waals surface area (Å²) >= 11 is 0. The molecule has 0 fully saturated rings. The van der Waals surface area contributed by atoms with Crippen molar-refractivity contribution in [2.75, 3.05) is 6.61 Å². The summed E-state index contributed by atoms with van der Waals surface area (Å²) in [5.74, 6) is 0.00869. The molecule has 2 aliphatic rings. The van der Waals surface area contributed by atoms with Crippen molar-refractivity contribution in [3.8, 4) is 17.2 Å². The van der Waals surface area contributed by atoms with Crippen molar-refractivity contribution in [2.24, 2.45) is 0 Å². The molecule has 2 aromatic rings. The van der Waals surface area contributed by atoms with E-state index in [0.29, 0.717) is 17.9 Å². The van der Waals surface area contributed by atoms with Crippen molar-refractivity contribution in [3.05, 3.63) is 53.1 Å². The Labute approximate surface area is 137 Å². The summed E-state index contributed by atoms with van der Waals surface area (Å²) in [5.41, 5.74) is 2.26. The maximum absolute atomic E-state index is 14.2. The number of hydrogen-bond acceptors (Lipinski definition) is 4. The largest absolute Gasteiger partial charge is 0.504 e. The van der Waals surface area contributed by atoms with Crippen LogP contribution in [0.15, 0.2) is 36.4 Å². The standard InChI is InChI=1S/C16H14FNO3.BrH/c17-16-9-4-2-1-3-8(9)15-10-5-12(19)13(20)6-14(10)21-7-11(15)18-16;/h1-6,11,15-16,18-20H,7H2;1H. The maximum atomic E-state index is 14.2. The van der Waals surface area contributed by atoms with E-state index < -0.39 is 6.30 Å². The Kier molecular flexibility index (Phi) is 3.74. The number of phenolic OH excluding ortho intramolecular Hbond substituents is 2. The zero-order valence-corrected chi connectivity index (χ0v) is 13.2. The molecular formula is C16H15BrFNO3. The number of benzene rings is 2. The Bertz CT molecular complexity index is 725. The Morgan fingerprint density at radius 3 is 2.50 bits per heavy atom. The van der Waals surface area contributed by atoms with Crippen LogP contribution >= 0.6 is 17.0 Å². The SMILES string of the molecule is Br.Oc1cc2c(cc1O)C1c3ccccc3C(F)NC1CO2. The molecular weight excluding hydrogens is 353 g/mol. The summed E-state index contributed by atoms with van der Waals surface area (Å²) in [4.78, 5) is 0. The van der Waals surface area contributed by atoms with Crippen LogP contribution in [0.3, 0.4) is 0 Å². The smallest absolute Gasteiger partial charge is 0.177 e. The molecule has 0 radical (unpaired) electrons. The number of nitrogens with one attached hydrogen (secondary N) is 1. The third-order valence-corrected chi connectivity index (χ3v) is 4.23. The number of hydrogen-bond donors (Lipinski definition) is 3. The Balaban J connectivity index is 0.00000144. The topological polar surface area (TPSA) is 61.7 Å². The lowest BCUT2D eigenvalue weighted by atomic mass is 9.78. The van der Waals surface area contributed by atoms with Gasteiger partial charge in [0.2, 0.25) is 0 Å². The monoisotopic (exact) mass is 367 g/mol. The molecule has 0 amide bonds. The minimum atomic E-state index is -1.22. The fourth-order valence-electron chi connectivity index (χ4n) is 3.27. The summed E-state index contributed by atoms with van der Waals surface area (Å²) < 4.78 is 19.8. The van der Waals surface area contributed by atoms with Gasteiger partial charge in [0.15, 0.2) is 17.8 Å². The third kappa shape index (κ3) is 2.14. The molecule has 2 aromatic carbocycles. The summed E-state index contributed by atoms with van der Waals surface area (Å²) in [6.07, 6.45) is -1.22. The van der Waals surface area contributed by atoms with E-state index in [0.717, 1.165) is 11.1 Å². The normalized spacial score (nSPS) is 25.0. The highest BCUT2D eigenvalue weighted by molar-refractivity contribution is 8.93. The van der Waals surface area contributed by atoms with Crippen LogP contribution < -0.4 is 10.1 Å². The molecule has 4 nitrogen and oxygen atoms in total. The second-order valence-corrected chi connectivity index (χ2v) is 5.43. The Morgan fingerprint density at radius 2 is 1.73 bits per heavy atom. The lowest BCUT2D eigenvalue weighted by Gasteiger charge is -2.40. The molecule has 3 unspecified atom stereocenters. The first-order valence-corrected chi connectivity index (χ1v) is 6.83. The molecule has 116 valence electrons. The number of alkyl halides is 1. The van der Waals surface area contributed by atoms with Gasteiger partial charge in [0, 0.05) is 23.1 Å². The van der Waals surface area contributed by atoms with Crippen LogP contribution in [0.4, 0.5) is 4.39 Å². The molecule has 0 saturated carbocycles. The second kappa shape index (κ2) is 5.44. The van der Waals surface area contributed by atoms with E-state index in [1.54, 1.807) is 6.07 Å². The molecule has 3 atom stereocenters. The quantitative estimate of drug-likeness (QED) is 0.494. The van der Waals surface area contributed by atoms with E-state index in [4.69, 9.17) is 4.74 Å². The fourth-order valence-corrected chi connectivity index (χ4v) is 3.27. The average molecular weight is 368 g/mol. The predicted molar refractivity (Wildman–Crippen MR) is 84.6 cm³/mol. The number of ether oxygens (including phenoxy) is 1. The molecule has 2 heterocycles. The van der Waals surface area contributed by atoms with Crippen LogP contribution in [0.2, 0.25) is 0 Å². The van der Waals surface area contributed by atoms with Crippen molar-refractivity contribution < 1.29 is 19.3 Å². The molecule has 0 spiro atoms. The summed E-state index contributed by atoms with van der Waals surface area (Å²) in [6.45, 7) is 0.316. The number of fused-ring (bicyclic) bond motifs is 5. The number of phenols is 2. The van der Waals surface area contributed by atoms with E-state index in [-0.39, 0.29) is 40.4 Å². The van der Waals surface area contributed by atoms with Gasteiger partial charge in [-0.15, -0.1) is 17.0 Å². The van der Waals surface area contributed by atoms with Crippen molar-refractivity contribution >= 4 is 17.0 Å². The summed E-state index contributed by atoms with van der Waals surface area (Å²) in [7, 11) is 0. The van der Waals surface area contributed by atoms with Crippen molar-refractivity contribution in [3.63, 3.8) is 0 Å². The number of aromatic hydroxyl groups is 2. The van der Waals surface area contributed by atoms with E-state index >= 15 is 0 Å². The molecule has 0 aromatic heterocycles. The van der Waals surface area contributed by atoms with Crippen LogP contribution in [-0.4, -0.2) is 22.9 Å². The molecule has 3 N–H and O–H groups in total. The van der Waals surface area contributed by atoms with Gasteiger partial charge in [-0.25, -0.2) is 4.39 Å². The Hall–Kier alpha value is -1.79. The van der Waals surface area contributed by atoms with Crippen LogP contribution in [0, 0.1) is 0 Å². The lowest BCUT2D eigenvalue weighted by molar-refractivity contribution is 0.154. The minimum Gasteiger partial charge on any atom is -0.504 e. The van der Waals surface area contributed by atoms with E-state index in [2.05, 4.69) is 5.32 Å². The first-order valence-electron chi connectivity index (χ1n) is 6.83. The van der Waals surface area contributed by atoms with Crippen molar-refractivity contribution in [1.29, 1.82) is 0 Å². The van der Waals surface area contributed by atoms with E-state index in [9.17, 15) is 14.6 Å². The fraction of sp³-hybridized carbons (Fsp3) is 0.250. The zero-order valence-electron chi connectivity index (χ0n) is 11.5. The molecule has 0 bridgehead atoms. The summed E-state index contributed by atoms with van der Waals surface area (Å²) in [5, 5.41) is 22.3. The highest BCUT2D eigenvalue weighted by Gasteiger charge is 2.40. The highest BCUT2D eigenvalue weighted by atomic mass is 79.9. The lowest BCUT2D eigenvalue weighted by Crippen LogP contribution is -2.47. The maximum Gasteiger partial charge on any atom is 0.177 e. The van der Waals surface area contributed by atoms with Crippen molar-refractivity contribution in [1.82, 2.24) is 5.32 Å². The van der Waals surface area contributed by atoms with Gasteiger partial charge < -0.3 is 14.9 Å². The minimum absolute atomic E-state index is 0. The van der Waals surface area contributed by atoms with Crippen molar-refractivity contribution in [2.45, 2.75) is 18.3 Å². The van der Waals surface area contributed by atoms with Crippen LogP contribution in [-0.2, 0) is 0 Å². The van der Waals surface area contributed by atoms with E-state index in [1.807, 2.05) is 18.2 Å². The van der Waals surface area contributed by atoms with Gasteiger partial charge in [-0.2, -0.15) is 0 Å². The number of rotatable bonds is 0. The van der Waals surface area contributed by atoms with Gasteiger partial charge in [-0.3, -0.25) is 5.32 Å². The van der Waals surface area contributed by atoms with Gasteiger partial charge in [0.25, 0.3) is 0 Å². The molecule has 0 aliphatic carbocycles. The molecule has 22 heavy (non-hydrogen) atoms. The average Bonchev–Trinajstić information content (AvgIpc) is 2.49. The highest BCUT2D eigenvalue weighted by Crippen LogP contribution is 2.47. The van der Waals surface area contributed by atoms with E-state index in [1.165, 1.54) is 12.1 Å². The first-order chi connectivity index (χ1) is 10.1. The molecule has 0 saturated heterocycles. The second-order valence-electron chi connectivity index (χ2n) is 5.43. The third-order valence-electron chi connectivity index (χ3n) is 4.23. The van der Waals surface area contributed by atoms with Crippen LogP contribution in [0.1, 0.15) is 28.9 Å². The van der Waals surface area contributed by atoms with Gasteiger partial charge in [-0.05, 0) is 11.6 Å². The number of halogens is 2. The van der Waals surface area contributed by atoms with Crippen LogP contribution in [0.5, 0.6) is 17.2 Å². The van der Waals surface area contributed by atoms with Gasteiger partial charge in [0.1, 0.15) is 12.4 Å².